The second-order valence-electron chi connectivity index (χ2n) is 10.1. The molecule has 1 atom stereocenters. The number of carbonyl (C=O) groups excluding carboxylic acids is 1. The number of fused-ring (bicyclic) bond motifs is 1. The van der Waals surface area contributed by atoms with Gasteiger partial charge in [-0.1, -0.05) is 6.92 Å². The molecule has 10 nitrogen and oxygen atoms in total. The SMILES string of the molecule is CC(C)Oc1nc(P(C)(C)=O)ccc1Nc1nccc(-c2cc(C#N)c3c(c2)[C@@](C)(CO)CN3[B]C=O)n1. The Bertz CT molecular complexity index is 1470. The first-order chi connectivity index (χ1) is 18.0. The van der Waals surface area contributed by atoms with E-state index in [0.717, 1.165) is 5.56 Å². The Balaban J connectivity index is 1.74. The van der Waals surface area contributed by atoms with Gasteiger partial charge in [0.1, 0.15) is 30.5 Å². The maximum atomic E-state index is 12.6. The number of carbonyl (C=O) groups is 1. The third kappa shape index (κ3) is 5.42. The lowest BCUT2D eigenvalue weighted by Crippen LogP contribution is -2.36. The van der Waals surface area contributed by atoms with Crippen molar-refractivity contribution in [2.24, 2.45) is 0 Å². The van der Waals surface area contributed by atoms with Crippen LogP contribution in [0.1, 0.15) is 31.9 Å². The number of nitriles is 1. The fourth-order valence-corrected chi connectivity index (χ4v) is 5.12. The van der Waals surface area contributed by atoms with Crippen LogP contribution < -0.4 is 20.3 Å². The van der Waals surface area contributed by atoms with Crippen LogP contribution in [0.4, 0.5) is 17.3 Å². The first-order valence-electron chi connectivity index (χ1n) is 12.1. The summed E-state index contributed by atoms with van der Waals surface area (Å²) < 4.78 is 18.4. The number of hydrogen-bond donors (Lipinski definition) is 2. The van der Waals surface area contributed by atoms with Gasteiger partial charge in [-0.2, -0.15) is 5.26 Å². The minimum Gasteiger partial charge on any atom is -0.473 e. The summed E-state index contributed by atoms with van der Waals surface area (Å²) in [5.74, 6) is 0.576. The molecule has 4 rings (SSSR count). The average Bonchev–Trinajstić information content (AvgIpc) is 3.16. The van der Waals surface area contributed by atoms with Gasteiger partial charge in [-0.3, -0.25) is 0 Å². The Kier molecular flexibility index (Phi) is 7.59. The van der Waals surface area contributed by atoms with E-state index in [1.54, 1.807) is 48.6 Å². The van der Waals surface area contributed by atoms with E-state index in [-0.39, 0.29) is 18.7 Å². The molecule has 1 aliphatic rings. The van der Waals surface area contributed by atoms with Crippen LogP contribution in [0.15, 0.2) is 36.5 Å². The van der Waals surface area contributed by atoms with E-state index < -0.39 is 12.6 Å². The van der Waals surface area contributed by atoms with Crippen LogP contribution in [0.25, 0.3) is 11.3 Å². The van der Waals surface area contributed by atoms with E-state index in [0.29, 0.717) is 52.2 Å². The summed E-state index contributed by atoms with van der Waals surface area (Å²) in [4.78, 5) is 26.4. The molecule has 195 valence electrons. The van der Waals surface area contributed by atoms with E-state index in [9.17, 15) is 19.7 Å². The predicted molar refractivity (Wildman–Crippen MR) is 149 cm³/mol. The summed E-state index contributed by atoms with van der Waals surface area (Å²) in [5.41, 5.74) is 3.28. The second kappa shape index (κ2) is 10.6. The quantitative estimate of drug-likeness (QED) is 0.240. The van der Waals surface area contributed by atoms with Crippen molar-refractivity contribution in [3.63, 3.8) is 0 Å². The standard InChI is InChI=1S/C26H29BN6O4P/c1-16(2)37-24-21(6-7-22(32-24)38(4,5)36)31-25-29-9-8-20(30-25)17-10-18(12-28)23-19(11-17)26(3,14-34)13-33(23)27-15-35/h6-11,15-16,34H,13-14H2,1-5H3,(H,29,30,31)/t26-/m1/s1. The van der Waals surface area contributed by atoms with Crippen molar-refractivity contribution in [2.75, 3.05) is 36.6 Å². The van der Waals surface area contributed by atoms with Crippen molar-refractivity contribution in [3.05, 3.63) is 47.7 Å². The number of hydrogen-bond acceptors (Lipinski definition) is 10. The summed E-state index contributed by atoms with van der Waals surface area (Å²) in [5, 5.41) is 23.2. The molecule has 2 N–H and O–H groups in total. The second-order valence-corrected chi connectivity index (χ2v) is 13.3. The molecule has 12 heteroatoms. The highest BCUT2D eigenvalue weighted by atomic mass is 31.2. The molecule has 1 radical (unpaired) electrons. The number of nitrogens with zero attached hydrogens (tertiary/aromatic N) is 5. The Morgan fingerprint density at radius 2 is 2.08 bits per heavy atom. The molecular formula is C26H29BN6O4P. The number of pyridine rings is 1. The predicted octanol–water partition coefficient (Wildman–Crippen LogP) is 3.07. The van der Waals surface area contributed by atoms with Crippen LogP contribution in [0.2, 0.25) is 0 Å². The summed E-state index contributed by atoms with van der Waals surface area (Å²) in [6, 6.07) is 11.0. The summed E-state index contributed by atoms with van der Waals surface area (Å²) >= 11 is 0. The normalized spacial score (nSPS) is 16.6. The first-order valence-corrected chi connectivity index (χ1v) is 14.7. The fourth-order valence-electron chi connectivity index (χ4n) is 4.35. The maximum absolute atomic E-state index is 12.6. The molecular weight excluding hydrogens is 502 g/mol. The third-order valence-electron chi connectivity index (χ3n) is 6.22. The molecule has 0 saturated carbocycles. The highest BCUT2D eigenvalue weighted by Crippen LogP contribution is 2.44. The first kappa shape index (κ1) is 27.3. The minimum absolute atomic E-state index is 0.155. The average molecular weight is 531 g/mol. The Morgan fingerprint density at radius 1 is 1.32 bits per heavy atom. The van der Waals surface area contributed by atoms with Gasteiger partial charge in [0, 0.05) is 29.4 Å². The molecule has 0 amide bonds. The largest absolute Gasteiger partial charge is 0.473 e. The van der Waals surface area contributed by atoms with Crippen molar-refractivity contribution in [1.29, 1.82) is 5.26 Å². The molecule has 0 aliphatic carbocycles. The molecule has 3 aromatic rings. The van der Waals surface area contributed by atoms with E-state index in [4.69, 9.17) is 4.74 Å². The van der Waals surface area contributed by atoms with Gasteiger partial charge in [-0.15, -0.1) is 0 Å². The van der Waals surface area contributed by atoms with Gasteiger partial charge in [-0.05, 0) is 63.1 Å². The lowest BCUT2D eigenvalue weighted by Gasteiger charge is -2.23. The monoisotopic (exact) mass is 531 g/mol. The fraction of sp³-hybridized carbons (Fsp3) is 0.346. The summed E-state index contributed by atoms with van der Waals surface area (Å²) in [6.45, 7) is 9.16. The lowest BCUT2D eigenvalue weighted by molar-refractivity contribution is 0.217. The molecule has 0 unspecified atom stereocenters. The number of ether oxygens (including phenoxy) is 1. The van der Waals surface area contributed by atoms with E-state index in [2.05, 4.69) is 26.3 Å². The van der Waals surface area contributed by atoms with Crippen LogP contribution in [0.3, 0.4) is 0 Å². The molecule has 2 aromatic heterocycles. The van der Waals surface area contributed by atoms with E-state index >= 15 is 0 Å². The van der Waals surface area contributed by atoms with Crippen LogP contribution in [-0.4, -0.2) is 66.2 Å². The van der Waals surface area contributed by atoms with Crippen LogP contribution in [-0.2, 0) is 14.8 Å². The highest BCUT2D eigenvalue weighted by molar-refractivity contribution is 7.69. The zero-order valence-corrected chi connectivity index (χ0v) is 22.9. The van der Waals surface area contributed by atoms with Crippen molar-refractivity contribution in [1.82, 2.24) is 15.0 Å². The van der Waals surface area contributed by atoms with Gasteiger partial charge in [-0.25, -0.2) is 15.0 Å². The number of benzene rings is 1. The minimum atomic E-state index is -2.60. The number of anilines is 3. The molecule has 0 saturated heterocycles. The Labute approximate surface area is 222 Å². The Hall–Kier alpha value is -3.74. The topological polar surface area (TPSA) is 141 Å². The number of nitrogens with one attached hydrogen (secondary N) is 1. The van der Waals surface area contributed by atoms with Gasteiger partial charge in [0.15, 0.2) is 0 Å². The lowest BCUT2D eigenvalue weighted by atomic mass is 9.83. The molecule has 0 spiro atoms. The summed E-state index contributed by atoms with van der Waals surface area (Å²) in [6.07, 6.45) is 2.10. The molecule has 0 fully saturated rings. The Morgan fingerprint density at radius 3 is 2.71 bits per heavy atom. The molecule has 1 aliphatic heterocycles. The summed E-state index contributed by atoms with van der Waals surface area (Å²) in [7, 11) is -1.22. The molecule has 1 aromatic carbocycles. The van der Waals surface area contributed by atoms with Gasteiger partial charge in [0.25, 0.3) is 0 Å². The van der Waals surface area contributed by atoms with Gasteiger partial charge in [0.2, 0.25) is 11.8 Å². The van der Waals surface area contributed by atoms with Crippen molar-refractivity contribution in [3.8, 4) is 23.2 Å². The van der Waals surface area contributed by atoms with E-state index in [1.807, 2.05) is 26.8 Å². The highest BCUT2D eigenvalue weighted by Gasteiger charge is 2.40. The van der Waals surface area contributed by atoms with Gasteiger partial charge < -0.3 is 29.3 Å². The smallest absolute Gasteiger partial charge is 0.329 e. The van der Waals surface area contributed by atoms with Crippen molar-refractivity contribution < 1.29 is 19.2 Å². The van der Waals surface area contributed by atoms with E-state index in [1.165, 1.54) is 7.41 Å². The number of aliphatic hydroxyl groups is 1. The molecule has 38 heavy (non-hydrogen) atoms. The van der Waals surface area contributed by atoms with Crippen LogP contribution >= 0.6 is 7.14 Å². The number of aromatic nitrogens is 3. The maximum Gasteiger partial charge on any atom is 0.329 e. The number of aliphatic hydroxyl groups excluding tert-OH is 1. The molecule has 3 heterocycles. The van der Waals surface area contributed by atoms with Gasteiger partial charge in [0.05, 0.1) is 24.0 Å². The number of rotatable bonds is 9. The third-order valence-corrected chi connectivity index (χ3v) is 7.57. The van der Waals surface area contributed by atoms with Crippen molar-refractivity contribution in [2.45, 2.75) is 32.3 Å². The van der Waals surface area contributed by atoms with Crippen LogP contribution in [0.5, 0.6) is 5.88 Å². The molecule has 0 bridgehead atoms. The van der Waals surface area contributed by atoms with Gasteiger partial charge >= 0.3 is 7.41 Å². The zero-order chi connectivity index (χ0) is 27.7. The van der Waals surface area contributed by atoms with Crippen LogP contribution in [0, 0.1) is 11.3 Å². The zero-order valence-electron chi connectivity index (χ0n) is 22.0. The van der Waals surface area contributed by atoms with Crippen molar-refractivity contribution >= 4 is 43.5 Å².